The molecule has 0 aliphatic carbocycles. The number of carboxylic acids is 2. The molecule has 8 rings (SSSR count). The molecule has 8 aromatic carbocycles. The number of hydrogen-bond acceptors (Lipinski definition) is 2. The zero-order valence-corrected chi connectivity index (χ0v) is 36.7. The number of rotatable bonds is 8. The van der Waals surface area contributed by atoms with Crippen molar-refractivity contribution in [2.45, 2.75) is 13.8 Å². The van der Waals surface area contributed by atoms with Crippen molar-refractivity contribution in [1.82, 2.24) is 0 Å². The SMILES string of the molecule is CC(=O)O.CC(=O)O.[NH-]CC[NH-].[Ru+2].c1ccc([PH+](c2ccccc2)c2ccc3ccccc3c2-c2c([PH+](c3ccccc3)c3ccccc3)ccc3ccccc23)cc1. The van der Waals surface area contributed by atoms with E-state index in [-0.39, 0.29) is 32.6 Å². The fourth-order valence-corrected chi connectivity index (χ4v) is 12.4. The van der Waals surface area contributed by atoms with Gasteiger partial charge in [-0.3, -0.25) is 9.59 Å². The van der Waals surface area contributed by atoms with Gasteiger partial charge in [0.05, 0.1) is 15.8 Å². The first-order valence-electron chi connectivity index (χ1n) is 18.9. The zero-order chi connectivity index (χ0) is 41.3. The van der Waals surface area contributed by atoms with E-state index < -0.39 is 27.8 Å². The van der Waals surface area contributed by atoms with Crippen LogP contribution in [0.2, 0.25) is 0 Å². The number of carbonyl (C=O) groups is 2. The number of carboxylic acid groups (broad SMARTS) is 2. The van der Waals surface area contributed by atoms with Crippen LogP contribution in [0.15, 0.2) is 194 Å². The van der Waals surface area contributed by atoms with Gasteiger partial charge in [0, 0.05) is 25.0 Å². The van der Waals surface area contributed by atoms with Crippen LogP contribution in [0.3, 0.4) is 0 Å². The molecule has 9 heteroatoms. The molecule has 0 amide bonds. The Balaban J connectivity index is 0.000000526. The Kier molecular flexibility index (Phi) is 18.8. The van der Waals surface area contributed by atoms with E-state index in [1.54, 1.807) is 0 Å². The predicted octanol–water partition coefficient (Wildman–Crippen LogP) is 9.91. The van der Waals surface area contributed by atoms with Crippen molar-refractivity contribution < 1.29 is 39.3 Å². The first kappa shape index (κ1) is 46.3. The number of hydrogen-bond donors (Lipinski definition) is 2. The van der Waals surface area contributed by atoms with Crippen molar-refractivity contribution in [2.24, 2.45) is 0 Å². The second kappa shape index (κ2) is 23.9. The van der Waals surface area contributed by atoms with Crippen molar-refractivity contribution in [3.05, 3.63) is 206 Å². The van der Waals surface area contributed by atoms with E-state index in [0.717, 1.165) is 13.8 Å². The van der Waals surface area contributed by atoms with Crippen LogP contribution in [0.1, 0.15) is 13.8 Å². The third kappa shape index (κ3) is 12.6. The summed E-state index contributed by atoms with van der Waals surface area (Å²) < 4.78 is 0. The van der Waals surface area contributed by atoms with Crippen LogP contribution in [-0.4, -0.2) is 35.2 Å². The minimum absolute atomic E-state index is 0. The Hall–Kier alpha value is -5.38. The molecule has 6 nitrogen and oxygen atoms in total. The van der Waals surface area contributed by atoms with Gasteiger partial charge in [0.1, 0.15) is 31.8 Å². The van der Waals surface area contributed by atoms with Crippen molar-refractivity contribution in [3.8, 4) is 11.1 Å². The van der Waals surface area contributed by atoms with E-state index in [0.29, 0.717) is 0 Å². The summed E-state index contributed by atoms with van der Waals surface area (Å²) >= 11 is 0. The predicted molar refractivity (Wildman–Crippen MR) is 252 cm³/mol. The second-order valence-electron chi connectivity index (χ2n) is 13.2. The van der Waals surface area contributed by atoms with Gasteiger partial charge in [-0.15, -0.1) is 0 Å². The molecule has 0 radical (unpaired) electrons. The second-order valence-corrected chi connectivity index (χ2v) is 18.1. The summed E-state index contributed by atoms with van der Waals surface area (Å²) in [4.78, 5) is 18.0. The first-order valence-corrected chi connectivity index (χ1v) is 21.9. The topological polar surface area (TPSA) is 122 Å². The quantitative estimate of drug-likeness (QED) is 0.117. The molecule has 4 N–H and O–H groups in total. The molecule has 8 aromatic rings. The molecule has 298 valence electrons. The molecule has 0 aliphatic rings. The van der Waals surface area contributed by atoms with E-state index in [4.69, 9.17) is 31.3 Å². The fourth-order valence-electron chi connectivity index (χ4n) is 6.87. The van der Waals surface area contributed by atoms with Crippen molar-refractivity contribution in [3.63, 3.8) is 0 Å². The van der Waals surface area contributed by atoms with Gasteiger partial charge in [-0.2, -0.15) is 13.1 Å². The van der Waals surface area contributed by atoms with Crippen LogP contribution < -0.4 is 31.8 Å². The third-order valence-corrected chi connectivity index (χ3v) is 14.6. The van der Waals surface area contributed by atoms with E-state index in [1.807, 2.05) is 0 Å². The van der Waals surface area contributed by atoms with E-state index in [2.05, 4.69) is 194 Å². The smallest absolute Gasteiger partial charge is 0.679 e. The summed E-state index contributed by atoms with van der Waals surface area (Å²) in [5, 5.41) is 28.5. The van der Waals surface area contributed by atoms with Crippen LogP contribution in [0.25, 0.3) is 44.1 Å². The van der Waals surface area contributed by atoms with E-state index in [9.17, 15) is 0 Å². The molecule has 0 saturated heterocycles. The molecule has 0 aromatic heterocycles. The molecule has 0 fully saturated rings. The minimum Gasteiger partial charge on any atom is -0.679 e. The molecule has 0 unspecified atom stereocenters. The van der Waals surface area contributed by atoms with Gasteiger partial charge in [0.15, 0.2) is 0 Å². The fraction of sp³-hybridized carbons (Fsp3) is 0.0800. The van der Waals surface area contributed by atoms with Gasteiger partial charge in [-0.1, -0.05) is 133 Å². The summed E-state index contributed by atoms with van der Waals surface area (Å²) in [6, 6.07) is 72.2. The Morgan fingerprint density at radius 3 is 0.898 bits per heavy atom. The summed E-state index contributed by atoms with van der Waals surface area (Å²) in [6.07, 6.45) is 0. The zero-order valence-electron chi connectivity index (χ0n) is 33.0. The van der Waals surface area contributed by atoms with Crippen LogP contribution in [0.4, 0.5) is 0 Å². The average Bonchev–Trinajstić information content (AvgIpc) is 3.25. The maximum Gasteiger partial charge on any atom is 2.00 e. The van der Waals surface area contributed by atoms with Crippen LogP contribution in [0, 0.1) is 0 Å². The number of nitrogens with one attached hydrogen (secondary N) is 2. The Morgan fingerprint density at radius 1 is 0.407 bits per heavy atom. The molecule has 0 saturated carbocycles. The molecule has 0 aliphatic heterocycles. The summed E-state index contributed by atoms with van der Waals surface area (Å²) in [5.41, 5.74) is 15.3. The molecular formula is C50H48N2O4P2Ru+2. The molecular weight excluding hydrogens is 856 g/mol. The van der Waals surface area contributed by atoms with Gasteiger partial charge in [-0.25, -0.2) is 0 Å². The number of fused-ring (bicyclic) bond motifs is 2. The molecule has 0 heterocycles. The number of benzene rings is 8. The van der Waals surface area contributed by atoms with Crippen LogP contribution in [-0.2, 0) is 29.1 Å². The maximum atomic E-state index is 9.00. The minimum atomic E-state index is -1.37. The van der Waals surface area contributed by atoms with Crippen molar-refractivity contribution in [2.75, 3.05) is 13.1 Å². The van der Waals surface area contributed by atoms with Crippen LogP contribution in [0.5, 0.6) is 0 Å². The normalized spacial score (nSPS) is 10.3. The molecule has 59 heavy (non-hydrogen) atoms. The van der Waals surface area contributed by atoms with Gasteiger partial charge >= 0.3 is 19.5 Å². The Bertz CT molecular complexity index is 2260. The number of aliphatic carboxylic acids is 2. The molecule has 0 atom stereocenters. The Labute approximate surface area is 362 Å². The van der Waals surface area contributed by atoms with Crippen molar-refractivity contribution in [1.29, 1.82) is 0 Å². The van der Waals surface area contributed by atoms with E-state index in [1.165, 1.54) is 64.5 Å². The van der Waals surface area contributed by atoms with Gasteiger partial charge in [-0.05, 0) is 82.2 Å². The maximum absolute atomic E-state index is 9.00. The first-order chi connectivity index (χ1) is 28.2. The van der Waals surface area contributed by atoms with E-state index >= 15 is 0 Å². The summed E-state index contributed by atoms with van der Waals surface area (Å²) in [5.74, 6) is -1.67. The summed E-state index contributed by atoms with van der Waals surface area (Å²) in [7, 11) is -2.74. The molecule has 0 spiro atoms. The monoisotopic (exact) mass is 904 g/mol. The summed E-state index contributed by atoms with van der Waals surface area (Å²) in [6.45, 7) is 2.64. The third-order valence-electron chi connectivity index (χ3n) is 9.02. The largest absolute Gasteiger partial charge is 2.00 e. The van der Waals surface area contributed by atoms with Gasteiger partial charge in [0.2, 0.25) is 0 Å². The van der Waals surface area contributed by atoms with Gasteiger partial charge < -0.3 is 21.7 Å². The van der Waals surface area contributed by atoms with Gasteiger partial charge in [0.25, 0.3) is 11.9 Å². The standard InChI is InChI=1S/C44H32P2.C2H6N2.2C2H4O2.Ru/c1-5-19-35(20-6-1)45(36-21-7-2-8-22-36)41-31-29-33-17-13-15-27-39(33)43(41)44-40-28-16-14-18-34(40)30-32-42(44)46(37-23-9-3-10-24-37)38-25-11-4-12-26-38;3-1-2-4;2*1-2(3)4;/h1-32H;3-4H,1-2H2;2*1H3,(H,3,4);/q;-2;;;+2/p+2. The van der Waals surface area contributed by atoms with Crippen molar-refractivity contribution >= 4 is 81.2 Å². The van der Waals surface area contributed by atoms with Crippen LogP contribution >= 0.6 is 15.8 Å². The average molecular weight is 904 g/mol. The molecule has 0 bridgehead atoms. The Morgan fingerprint density at radius 2 is 0.644 bits per heavy atom.